The molecule has 4 nitrogen and oxygen atoms in total. The number of anilines is 2. The number of carbonyl (C=O) groups is 2. The van der Waals surface area contributed by atoms with E-state index in [9.17, 15) is 14.0 Å². The molecule has 0 radical (unpaired) electrons. The zero-order chi connectivity index (χ0) is 15.1. The van der Waals surface area contributed by atoms with Crippen LogP contribution < -0.4 is 10.2 Å². The summed E-state index contributed by atoms with van der Waals surface area (Å²) in [7, 11) is 1.79. The van der Waals surface area contributed by atoms with Gasteiger partial charge in [-0.1, -0.05) is 6.07 Å². The van der Waals surface area contributed by atoms with Crippen molar-refractivity contribution in [3.63, 3.8) is 0 Å². The summed E-state index contributed by atoms with van der Waals surface area (Å²) in [5, 5.41) is 4.43. The van der Waals surface area contributed by atoms with Crippen molar-refractivity contribution in [3.8, 4) is 0 Å². The summed E-state index contributed by atoms with van der Waals surface area (Å²) >= 11 is 1.60. The molecule has 21 heavy (non-hydrogen) atoms. The maximum Gasteiger partial charge on any atom is 0.296 e. The Balaban J connectivity index is 1.98. The second kappa shape index (κ2) is 4.96. The van der Waals surface area contributed by atoms with E-state index in [1.165, 1.54) is 6.07 Å². The zero-order valence-corrected chi connectivity index (χ0v) is 12.3. The molecule has 1 aromatic carbocycles. The minimum Gasteiger partial charge on any atom is -0.365 e. The Bertz CT molecular complexity index is 728. The van der Waals surface area contributed by atoms with Crippen molar-refractivity contribution in [2.45, 2.75) is 13.0 Å². The van der Waals surface area contributed by atoms with Crippen LogP contribution in [0.2, 0.25) is 0 Å². The molecule has 1 amide bonds. The topological polar surface area (TPSA) is 49.4 Å². The lowest BCUT2D eigenvalue weighted by Crippen LogP contribution is -2.22. The molecule has 2 aromatic rings. The van der Waals surface area contributed by atoms with Crippen molar-refractivity contribution in [2.24, 2.45) is 0 Å². The van der Waals surface area contributed by atoms with E-state index in [4.69, 9.17) is 0 Å². The fourth-order valence-corrected chi connectivity index (χ4v) is 3.18. The SMILES string of the molecule is CC(c1cccs1)N(C)c1cc2c(cc1F)C(=O)C(=O)N2. The van der Waals surface area contributed by atoms with Gasteiger partial charge in [0.1, 0.15) is 5.82 Å². The number of hydrogen-bond donors (Lipinski definition) is 1. The van der Waals surface area contributed by atoms with Crippen molar-refractivity contribution >= 4 is 34.4 Å². The summed E-state index contributed by atoms with van der Waals surface area (Å²) in [6, 6.07) is 6.57. The maximum atomic E-state index is 14.3. The molecular formula is C15H13FN2O2S. The van der Waals surface area contributed by atoms with Crippen LogP contribution in [-0.4, -0.2) is 18.7 Å². The molecule has 1 unspecified atom stereocenters. The number of ketones is 1. The Labute approximate surface area is 125 Å². The van der Waals surface area contributed by atoms with Crippen molar-refractivity contribution in [1.82, 2.24) is 0 Å². The minimum absolute atomic E-state index is 0.00893. The van der Waals surface area contributed by atoms with Gasteiger partial charge >= 0.3 is 0 Å². The normalized spacial score (nSPS) is 14.8. The van der Waals surface area contributed by atoms with Gasteiger partial charge in [-0.25, -0.2) is 4.39 Å². The summed E-state index contributed by atoms with van der Waals surface area (Å²) in [4.78, 5) is 25.8. The standard InChI is InChI=1S/C15H13FN2O2S/c1-8(13-4-3-5-21-13)18(2)12-7-11-9(6-10(12)16)14(19)15(20)17-11/h3-8H,1-2H3,(H,17,19,20). The van der Waals surface area contributed by atoms with Crippen LogP contribution in [0.15, 0.2) is 29.6 Å². The van der Waals surface area contributed by atoms with Gasteiger partial charge in [-0.15, -0.1) is 11.3 Å². The number of amides is 1. The van der Waals surface area contributed by atoms with Crippen LogP contribution in [-0.2, 0) is 4.79 Å². The number of benzene rings is 1. The van der Waals surface area contributed by atoms with Gasteiger partial charge in [0.2, 0.25) is 0 Å². The molecule has 0 saturated heterocycles. The number of nitrogens with one attached hydrogen (secondary N) is 1. The summed E-state index contributed by atoms with van der Waals surface area (Å²) in [6.45, 7) is 1.97. The maximum absolute atomic E-state index is 14.3. The molecule has 1 N–H and O–H groups in total. The molecule has 1 aromatic heterocycles. The van der Waals surface area contributed by atoms with Crippen molar-refractivity contribution in [1.29, 1.82) is 0 Å². The molecule has 0 aliphatic carbocycles. The number of nitrogens with zero attached hydrogens (tertiary/aromatic N) is 1. The van der Waals surface area contributed by atoms with Crippen LogP contribution in [0.4, 0.5) is 15.8 Å². The number of halogens is 1. The van der Waals surface area contributed by atoms with Crippen molar-refractivity contribution in [2.75, 3.05) is 17.3 Å². The molecule has 1 aliphatic heterocycles. The Morgan fingerprint density at radius 2 is 2.10 bits per heavy atom. The quantitative estimate of drug-likeness (QED) is 0.886. The van der Waals surface area contributed by atoms with E-state index in [0.717, 1.165) is 10.9 Å². The fourth-order valence-electron chi connectivity index (χ4n) is 2.35. The Morgan fingerprint density at radius 3 is 2.76 bits per heavy atom. The second-order valence-electron chi connectivity index (χ2n) is 4.93. The van der Waals surface area contributed by atoms with Gasteiger partial charge in [0.05, 0.1) is 23.0 Å². The predicted octanol–water partition coefficient (Wildman–Crippen LogP) is 3.22. The monoisotopic (exact) mass is 304 g/mol. The Kier molecular flexibility index (Phi) is 3.25. The third-order valence-electron chi connectivity index (χ3n) is 3.70. The lowest BCUT2D eigenvalue weighted by molar-refractivity contribution is -0.112. The molecule has 0 saturated carbocycles. The van der Waals surface area contributed by atoms with E-state index < -0.39 is 17.5 Å². The van der Waals surface area contributed by atoms with Crippen molar-refractivity contribution < 1.29 is 14.0 Å². The van der Waals surface area contributed by atoms with E-state index in [0.29, 0.717) is 11.4 Å². The summed E-state index contributed by atoms with van der Waals surface area (Å²) in [5.74, 6) is -1.91. The highest BCUT2D eigenvalue weighted by molar-refractivity contribution is 7.10. The van der Waals surface area contributed by atoms with Crippen LogP contribution >= 0.6 is 11.3 Å². The number of hydrogen-bond acceptors (Lipinski definition) is 4. The largest absolute Gasteiger partial charge is 0.365 e. The van der Waals surface area contributed by atoms with Gasteiger partial charge in [0.15, 0.2) is 0 Å². The van der Waals surface area contributed by atoms with Crippen LogP contribution in [0.5, 0.6) is 0 Å². The highest BCUT2D eigenvalue weighted by Gasteiger charge is 2.30. The molecule has 108 valence electrons. The third-order valence-corrected chi connectivity index (χ3v) is 4.74. The van der Waals surface area contributed by atoms with Gasteiger partial charge in [0, 0.05) is 11.9 Å². The van der Waals surface area contributed by atoms with Gasteiger partial charge in [0.25, 0.3) is 11.7 Å². The minimum atomic E-state index is -0.712. The molecular weight excluding hydrogens is 291 g/mol. The van der Waals surface area contributed by atoms with E-state index in [1.54, 1.807) is 23.3 Å². The second-order valence-corrected chi connectivity index (χ2v) is 5.91. The molecule has 0 fully saturated rings. The van der Waals surface area contributed by atoms with Crippen LogP contribution in [0.3, 0.4) is 0 Å². The first kappa shape index (κ1) is 13.8. The Hall–Kier alpha value is -2.21. The molecule has 0 spiro atoms. The lowest BCUT2D eigenvalue weighted by Gasteiger charge is -2.27. The summed E-state index contributed by atoms with van der Waals surface area (Å²) < 4.78 is 14.3. The molecule has 1 aliphatic rings. The van der Waals surface area contributed by atoms with Gasteiger partial charge in [-0.3, -0.25) is 9.59 Å². The van der Waals surface area contributed by atoms with Crippen molar-refractivity contribution in [3.05, 3.63) is 45.9 Å². The number of thiophene rings is 1. The van der Waals surface area contributed by atoms with Crippen LogP contribution in [0.1, 0.15) is 28.2 Å². The molecule has 1 atom stereocenters. The van der Waals surface area contributed by atoms with Crippen LogP contribution in [0.25, 0.3) is 0 Å². The molecule has 3 rings (SSSR count). The highest BCUT2D eigenvalue weighted by atomic mass is 32.1. The predicted molar refractivity (Wildman–Crippen MR) is 80.5 cm³/mol. The first-order valence-corrected chi connectivity index (χ1v) is 7.32. The summed E-state index contributed by atoms with van der Waals surface area (Å²) in [6.07, 6.45) is 0. The number of fused-ring (bicyclic) bond motifs is 1. The zero-order valence-electron chi connectivity index (χ0n) is 11.5. The molecule has 2 heterocycles. The average molecular weight is 304 g/mol. The lowest BCUT2D eigenvalue weighted by atomic mass is 10.1. The summed E-state index contributed by atoms with van der Waals surface area (Å²) in [5.41, 5.74) is 0.815. The van der Waals surface area contributed by atoms with Gasteiger partial charge in [-0.05, 0) is 30.5 Å². The highest BCUT2D eigenvalue weighted by Crippen LogP contribution is 2.35. The molecule has 6 heteroatoms. The first-order valence-electron chi connectivity index (χ1n) is 6.44. The Morgan fingerprint density at radius 1 is 1.33 bits per heavy atom. The van der Waals surface area contributed by atoms with Crippen LogP contribution in [0, 0.1) is 5.82 Å². The smallest absolute Gasteiger partial charge is 0.296 e. The van der Waals surface area contributed by atoms with E-state index in [-0.39, 0.29) is 11.6 Å². The third kappa shape index (κ3) is 2.21. The first-order chi connectivity index (χ1) is 9.99. The fraction of sp³-hybridized carbons (Fsp3) is 0.200. The average Bonchev–Trinajstić information content (AvgIpc) is 3.08. The number of rotatable bonds is 3. The van der Waals surface area contributed by atoms with Gasteiger partial charge < -0.3 is 10.2 Å². The van der Waals surface area contributed by atoms with E-state index in [2.05, 4.69) is 5.32 Å². The number of carbonyl (C=O) groups excluding carboxylic acids is 2. The van der Waals surface area contributed by atoms with Gasteiger partial charge in [-0.2, -0.15) is 0 Å². The number of Topliss-reactive ketones (excluding diaryl/α,β-unsaturated/α-hetero) is 1. The van der Waals surface area contributed by atoms with E-state index >= 15 is 0 Å². The molecule has 0 bridgehead atoms. The van der Waals surface area contributed by atoms with E-state index in [1.807, 2.05) is 24.4 Å².